The molecule has 2 heterocycles. The van der Waals surface area contributed by atoms with E-state index in [1.807, 2.05) is 75.4 Å². The Morgan fingerprint density at radius 1 is 0.963 bits per heavy atom. The van der Waals surface area contributed by atoms with E-state index >= 15 is 0 Å². The van der Waals surface area contributed by atoms with Crippen LogP contribution in [-0.2, 0) is 0 Å². The molecule has 2 aromatic heterocycles. The highest BCUT2D eigenvalue weighted by atomic mass is 16.2. The molecule has 0 unspecified atom stereocenters. The molecule has 1 amide bonds. The van der Waals surface area contributed by atoms with Crippen LogP contribution in [0.1, 0.15) is 27.4 Å². The zero-order chi connectivity index (χ0) is 19.0. The molecule has 1 N–H and O–H groups in total. The van der Waals surface area contributed by atoms with Gasteiger partial charge in [-0.3, -0.25) is 4.79 Å². The first-order valence-corrected chi connectivity index (χ1v) is 8.70. The fourth-order valence-corrected chi connectivity index (χ4v) is 3.18. The van der Waals surface area contributed by atoms with Crippen molar-refractivity contribution < 1.29 is 4.79 Å². The maximum Gasteiger partial charge on any atom is 0.278 e. The van der Waals surface area contributed by atoms with Crippen molar-refractivity contribution in [2.45, 2.75) is 20.8 Å². The second-order valence-electron chi connectivity index (χ2n) is 6.52. The van der Waals surface area contributed by atoms with Gasteiger partial charge in [0.2, 0.25) is 0 Å². The molecule has 134 valence electrons. The largest absolute Gasteiger partial charge is 0.321 e. The van der Waals surface area contributed by atoms with Crippen LogP contribution in [0.3, 0.4) is 0 Å². The van der Waals surface area contributed by atoms with Crippen molar-refractivity contribution >= 4 is 17.2 Å². The average molecular weight is 357 g/mol. The average Bonchev–Trinajstić information content (AvgIpc) is 2.99. The number of anilines is 1. The number of aromatic nitrogens is 4. The predicted molar refractivity (Wildman–Crippen MR) is 105 cm³/mol. The third-order valence-corrected chi connectivity index (χ3v) is 4.49. The Balaban J connectivity index is 1.76. The molecular weight excluding hydrogens is 338 g/mol. The third kappa shape index (κ3) is 3.06. The van der Waals surface area contributed by atoms with Gasteiger partial charge >= 0.3 is 0 Å². The summed E-state index contributed by atoms with van der Waals surface area (Å²) in [6.45, 7) is 5.74. The molecule has 27 heavy (non-hydrogen) atoms. The quantitative estimate of drug-likeness (QED) is 0.602. The number of fused-ring (bicyclic) bond motifs is 1. The highest BCUT2D eigenvalue weighted by Crippen LogP contribution is 2.27. The second kappa shape index (κ2) is 6.64. The zero-order valence-corrected chi connectivity index (χ0v) is 15.4. The minimum atomic E-state index is -0.304. The zero-order valence-electron chi connectivity index (χ0n) is 15.4. The summed E-state index contributed by atoms with van der Waals surface area (Å²) in [7, 11) is 0. The lowest BCUT2D eigenvalue weighted by Gasteiger charge is -2.08. The molecule has 0 radical (unpaired) electrons. The highest BCUT2D eigenvalue weighted by Gasteiger charge is 2.20. The van der Waals surface area contributed by atoms with Crippen molar-refractivity contribution in [1.82, 2.24) is 19.8 Å². The van der Waals surface area contributed by atoms with Gasteiger partial charge in [0.05, 0.1) is 17.0 Å². The Hall–Kier alpha value is -3.54. The number of hydrogen-bond donors (Lipinski definition) is 1. The number of nitrogens with one attached hydrogen (secondary N) is 1. The summed E-state index contributed by atoms with van der Waals surface area (Å²) in [5.74, 6) is -0.304. The lowest BCUT2D eigenvalue weighted by Crippen LogP contribution is -2.18. The molecule has 0 bridgehead atoms. The van der Waals surface area contributed by atoms with Crippen LogP contribution in [0.5, 0.6) is 0 Å². The van der Waals surface area contributed by atoms with Gasteiger partial charge in [-0.05, 0) is 44.0 Å². The number of aryl methyl sites for hydroxylation is 3. The summed E-state index contributed by atoms with van der Waals surface area (Å²) in [6.07, 6.45) is 0. The molecule has 2 aromatic carbocycles. The van der Waals surface area contributed by atoms with E-state index in [1.165, 1.54) is 0 Å². The van der Waals surface area contributed by atoms with Crippen molar-refractivity contribution in [3.8, 4) is 11.1 Å². The number of nitrogens with zero attached hydrogens (tertiary/aromatic N) is 4. The normalized spacial score (nSPS) is 10.9. The first-order valence-electron chi connectivity index (χ1n) is 8.70. The molecule has 6 heteroatoms. The van der Waals surface area contributed by atoms with Gasteiger partial charge in [0, 0.05) is 5.69 Å². The van der Waals surface area contributed by atoms with Gasteiger partial charge in [-0.2, -0.15) is 5.10 Å². The van der Waals surface area contributed by atoms with Gasteiger partial charge in [0.15, 0.2) is 11.3 Å². The van der Waals surface area contributed by atoms with Crippen molar-refractivity contribution in [3.05, 3.63) is 77.2 Å². The fraction of sp³-hybridized carbons (Fsp3) is 0.143. The van der Waals surface area contributed by atoms with Crippen LogP contribution >= 0.6 is 0 Å². The highest BCUT2D eigenvalue weighted by molar-refractivity contribution is 6.03. The molecule has 0 aliphatic carbocycles. The van der Waals surface area contributed by atoms with Crippen molar-refractivity contribution in [2.75, 3.05) is 5.32 Å². The summed E-state index contributed by atoms with van der Waals surface area (Å²) in [5, 5.41) is 16.0. The molecular formula is C21H19N5O. The Morgan fingerprint density at radius 3 is 2.48 bits per heavy atom. The smallest absolute Gasteiger partial charge is 0.278 e. The first-order chi connectivity index (χ1) is 13.0. The minimum Gasteiger partial charge on any atom is -0.321 e. The molecule has 4 aromatic rings. The summed E-state index contributed by atoms with van der Waals surface area (Å²) < 4.78 is 1.69. The SMILES string of the molecule is Cc1cccc(NC(=O)c2nnc3c(-c4ccccc4)c(C)nn3c2C)c1. The second-order valence-corrected chi connectivity index (χ2v) is 6.52. The fourth-order valence-electron chi connectivity index (χ4n) is 3.18. The lowest BCUT2D eigenvalue weighted by atomic mass is 10.1. The van der Waals surface area contributed by atoms with Gasteiger partial charge in [0.25, 0.3) is 5.91 Å². The molecule has 0 aliphatic heterocycles. The van der Waals surface area contributed by atoms with E-state index in [9.17, 15) is 4.79 Å². The molecule has 0 saturated heterocycles. The minimum absolute atomic E-state index is 0.256. The van der Waals surface area contributed by atoms with Crippen LogP contribution in [0.2, 0.25) is 0 Å². The van der Waals surface area contributed by atoms with Crippen LogP contribution in [-0.4, -0.2) is 25.7 Å². The molecule has 0 atom stereocenters. The third-order valence-electron chi connectivity index (χ3n) is 4.49. The lowest BCUT2D eigenvalue weighted by molar-refractivity contribution is 0.102. The maximum absolute atomic E-state index is 12.7. The molecule has 6 nitrogen and oxygen atoms in total. The van der Waals surface area contributed by atoms with E-state index in [-0.39, 0.29) is 11.6 Å². The predicted octanol–water partition coefficient (Wildman–Crippen LogP) is 3.97. The Labute approximate surface area is 156 Å². The summed E-state index contributed by atoms with van der Waals surface area (Å²) in [6, 6.07) is 17.6. The standard InChI is InChI=1S/C21H19N5O/c1-13-8-7-11-17(12-13)22-21(27)19-15(3)26-20(24-23-19)18(14(2)25-26)16-9-5-4-6-10-16/h4-12H,1-3H3,(H,22,27). The van der Waals surface area contributed by atoms with Crippen molar-refractivity contribution in [1.29, 1.82) is 0 Å². The van der Waals surface area contributed by atoms with Gasteiger partial charge in [-0.25, -0.2) is 4.52 Å². The number of carbonyl (C=O) groups excluding carboxylic acids is 1. The Bertz CT molecular complexity index is 1150. The van der Waals surface area contributed by atoms with E-state index in [2.05, 4.69) is 20.6 Å². The van der Waals surface area contributed by atoms with Gasteiger partial charge in [-0.1, -0.05) is 42.5 Å². The molecule has 4 rings (SSSR count). The van der Waals surface area contributed by atoms with Crippen LogP contribution in [0.25, 0.3) is 16.8 Å². The molecule has 0 fully saturated rings. The number of amides is 1. The number of benzene rings is 2. The summed E-state index contributed by atoms with van der Waals surface area (Å²) in [4.78, 5) is 12.7. The van der Waals surface area contributed by atoms with Crippen molar-refractivity contribution in [2.24, 2.45) is 0 Å². The van der Waals surface area contributed by atoms with E-state index in [1.54, 1.807) is 4.52 Å². The molecule has 0 aliphatic rings. The topological polar surface area (TPSA) is 72.2 Å². The summed E-state index contributed by atoms with van der Waals surface area (Å²) >= 11 is 0. The maximum atomic E-state index is 12.7. The van der Waals surface area contributed by atoms with Crippen molar-refractivity contribution in [3.63, 3.8) is 0 Å². The van der Waals surface area contributed by atoms with Crippen LogP contribution in [0.4, 0.5) is 5.69 Å². The van der Waals surface area contributed by atoms with E-state index < -0.39 is 0 Å². The van der Waals surface area contributed by atoms with Gasteiger partial charge < -0.3 is 5.32 Å². The van der Waals surface area contributed by atoms with Crippen LogP contribution < -0.4 is 5.32 Å². The molecule has 0 saturated carbocycles. The monoisotopic (exact) mass is 357 g/mol. The van der Waals surface area contributed by atoms with Crippen LogP contribution in [0.15, 0.2) is 54.6 Å². The number of hydrogen-bond acceptors (Lipinski definition) is 4. The van der Waals surface area contributed by atoms with E-state index in [0.29, 0.717) is 11.3 Å². The Morgan fingerprint density at radius 2 is 1.74 bits per heavy atom. The van der Waals surface area contributed by atoms with Crippen LogP contribution in [0, 0.1) is 20.8 Å². The van der Waals surface area contributed by atoms with Gasteiger partial charge in [0.1, 0.15) is 0 Å². The van der Waals surface area contributed by atoms with E-state index in [4.69, 9.17) is 0 Å². The Kier molecular flexibility index (Phi) is 4.16. The molecule has 0 spiro atoms. The van der Waals surface area contributed by atoms with Gasteiger partial charge in [-0.15, -0.1) is 10.2 Å². The van der Waals surface area contributed by atoms with E-state index in [0.717, 1.165) is 28.1 Å². The number of rotatable bonds is 3. The number of carbonyl (C=O) groups is 1. The summed E-state index contributed by atoms with van der Waals surface area (Å²) in [5.41, 5.74) is 6.14. The first kappa shape index (κ1) is 16.9.